The molecule has 0 aliphatic heterocycles. The highest BCUT2D eigenvalue weighted by molar-refractivity contribution is 5.95. The zero-order chi connectivity index (χ0) is 16.9. The normalized spacial score (nSPS) is 11.7. The summed E-state index contributed by atoms with van der Waals surface area (Å²) in [7, 11) is 0. The van der Waals surface area contributed by atoms with Crippen molar-refractivity contribution in [1.82, 2.24) is 15.0 Å². The largest absolute Gasteiger partial charge is 0.485 e. The Morgan fingerprint density at radius 2 is 1.88 bits per heavy atom. The van der Waals surface area contributed by atoms with Crippen molar-refractivity contribution in [2.24, 2.45) is 5.73 Å². The molecular weight excluding hydrogens is 304 g/mol. The van der Waals surface area contributed by atoms with Gasteiger partial charge < -0.3 is 10.5 Å². The Hall–Kier alpha value is -3.28. The second-order valence-corrected chi connectivity index (χ2v) is 5.20. The average molecular weight is 320 g/mol. The number of para-hydroxylation sites is 1. The second kappa shape index (κ2) is 6.87. The highest BCUT2D eigenvalue weighted by atomic mass is 16.5. The summed E-state index contributed by atoms with van der Waals surface area (Å²) in [5.41, 5.74) is 7.37. The van der Waals surface area contributed by atoms with Crippen molar-refractivity contribution < 1.29 is 9.53 Å². The number of hydrogen-bond acceptors (Lipinski definition) is 5. The van der Waals surface area contributed by atoms with Gasteiger partial charge in [-0.2, -0.15) is 0 Å². The second-order valence-electron chi connectivity index (χ2n) is 5.20. The molecule has 1 unspecified atom stereocenters. The first kappa shape index (κ1) is 15.6. The molecule has 0 spiro atoms. The van der Waals surface area contributed by atoms with Gasteiger partial charge in [-0.25, -0.2) is 9.97 Å². The molecule has 1 amide bonds. The van der Waals surface area contributed by atoms with Gasteiger partial charge in [-0.15, -0.1) is 0 Å². The fourth-order valence-corrected chi connectivity index (χ4v) is 2.28. The van der Waals surface area contributed by atoms with Crippen molar-refractivity contribution in [3.8, 4) is 17.1 Å². The molecule has 0 fully saturated rings. The number of carbonyl (C=O) groups is 1. The highest BCUT2D eigenvalue weighted by Gasteiger charge is 2.14. The van der Waals surface area contributed by atoms with Crippen LogP contribution in [0.1, 0.15) is 28.9 Å². The Balaban J connectivity index is 1.86. The number of nitrogens with two attached hydrogens (primary N) is 1. The van der Waals surface area contributed by atoms with E-state index in [2.05, 4.69) is 15.0 Å². The summed E-state index contributed by atoms with van der Waals surface area (Å²) in [6, 6.07) is 10.6. The minimum atomic E-state index is -0.526. The monoisotopic (exact) mass is 320 g/mol. The molecule has 0 saturated carbocycles. The van der Waals surface area contributed by atoms with Crippen LogP contribution in [0.4, 0.5) is 0 Å². The highest BCUT2D eigenvalue weighted by Crippen LogP contribution is 2.26. The van der Waals surface area contributed by atoms with E-state index in [0.29, 0.717) is 17.1 Å². The maximum absolute atomic E-state index is 11.5. The van der Waals surface area contributed by atoms with E-state index in [0.717, 1.165) is 11.1 Å². The molecule has 1 aromatic carbocycles. The summed E-state index contributed by atoms with van der Waals surface area (Å²) in [6.07, 6.45) is 6.45. The van der Waals surface area contributed by atoms with Crippen molar-refractivity contribution in [2.45, 2.75) is 13.0 Å². The van der Waals surface area contributed by atoms with Crippen LogP contribution in [-0.2, 0) is 0 Å². The van der Waals surface area contributed by atoms with Gasteiger partial charge in [0.25, 0.3) is 5.91 Å². The van der Waals surface area contributed by atoms with Gasteiger partial charge in [0.2, 0.25) is 0 Å². The number of primary amides is 1. The summed E-state index contributed by atoms with van der Waals surface area (Å²) in [5.74, 6) is 0.512. The first-order chi connectivity index (χ1) is 11.6. The molecule has 1 atom stereocenters. The number of amides is 1. The van der Waals surface area contributed by atoms with Gasteiger partial charge in [-0.05, 0) is 31.2 Å². The molecule has 3 aromatic rings. The van der Waals surface area contributed by atoms with E-state index in [1.54, 1.807) is 55.1 Å². The lowest BCUT2D eigenvalue weighted by Crippen LogP contribution is -2.14. The standard InChI is InChI=1S/C18H16N4O2/c1-12(24-16-6-3-2-5-15(16)17(19)23)13-9-14(11-20-10-13)18-21-7-4-8-22-18/h2-12H,1H3,(H2,19,23). The third-order valence-corrected chi connectivity index (χ3v) is 3.51. The van der Waals surface area contributed by atoms with Gasteiger partial charge in [-0.3, -0.25) is 9.78 Å². The van der Waals surface area contributed by atoms with Gasteiger partial charge in [0, 0.05) is 35.9 Å². The zero-order valence-corrected chi connectivity index (χ0v) is 13.1. The summed E-state index contributed by atoms with van der Waals surface area (Å²) in [4.78, 5) is 24.2. The summed E-state index contributed by atoms with van der Waals surface area (Å²) in [6.45, 7) is 1.88. The number of hydrogen-bond donors (Lipinski definition) is 1. The fourth-order valence-electron chi connectivity index (χ4n) is 2.28. The third-order valence-electron chi connectivity index (χ3n) is 3.51. The van der Waals surface area contributed by atoms with Gasteiger partial charge >= 0.3 is 0 Å². The molecule has 2 heterocycles. The number of ether oxygens (including phenoxy) is 1. The number of rotatable bonds is 5. The molecule has 0 aliphatic carbocycles. The van der Waals surface area contributed by atoms with Crippen molar-refractivity contribution >= 4 is 5.91 Å². The average Bonchev–Trinajstić information content (AvgIpc) is 2.63. The Morgan fingerprint density at radius 1 is 1.12 bits per heavy atom. The quantitative estimate of drug-likeness (QED) is 0.780. The molecule has 6 heteroatoms. The van der Waals surface area contributed by atoms with Crippen LogP contribution in [0.3, 0.4) is 0 Å². The van der Waals surface area contributed by atoms with Crippen LogP contribution in [-0.4, -0.2) is 20.9 Å². The van der Waals surface area contributed by atoms with Gasteiger partial charge in [0.15, 0.2) is 5.82 Å². The molecule has 3 rings (SSSR count). The first-order valence-corrected chi connectivity index (χ1v) is 7.43. The molecule has 120 valence electrons. The number of carbonyl (C=O) groups excluding carboxylic acids is 1. The van der Waals surface area contributed by atoms with Crippen LogP contribution in [0.15, 0.2) is 61.2 Å². The molecule has 0 bridgehead atoms. The van der Waals surface area contributed by atoms with Crippen LogP contribution < -0.4 is 10.5 Å². The molecule has 2 aromatic heterocycles. The molecule has 0 aliphatic rings. The smallest absolute Gasteiger partial charge is 0.252 e. The topological polar surface area (TPSA) is 91.0 Å². The predicted molar refractivity (Wildman–Crippen MR) is 89.3 cm³/mol. The van der Waals surface area contributed by atoms with E-state index in [1.165, 1.54) is 0 Å². The minimum absolute atomic E-state index is 0.318. The van der Waals surface area contributed by atoms with E-state index in [9.17, 15) is 4.79 Å². The van der Waals surface area contributed by atoms with Crippen LogP contribution in [0, 0.1) is 0 Å². The zero-order valence-electron chi connectivity index (χ0n) is 13.1. The SMILES string of the molecule is CC(Oc1ccccc1C(N)=O)c1cncc(-c2ncccn2)c1. The Kier molecular flexibility index (Phi) is 4.47. The maximum Gasteiger partial charge on any atom is 0.252 e. The predicted octanol–water partition coefficient (Wildman–Crippen LogP) is 2.78. The lowest BCUT2D eigenvalue weighted by atomic mass is 10.1. The van der Waals surface area contributed by atoms with Gasteiger partial charge in [0.1, 0.15) is 11.9 Å². The third kappa shape index (κ3) is 3.38. The molecular formula is C18H16N4O2. The molecule has 6 nitrogen and oxygen atoms in total. The van der Waals surface area contributed by atoms with Crippen molar-refractivity contribution in [3.63, 3.8) is 0 Å². The van der Waals surface area contributed by atoms with Crippen molar-refractivity contribution in [2.75, 3.05) is 0 Å². The molecule has 0 radical (unpaired) electrons. The molecule has 2 N–H and O–H groups in total. The lowest BCUT2D eigenvalue weighted by molar-refractivity contribution is 0.0993. The van der Waals surface area contributed by atoms with Gasteiger partial charge in [-0.1, -0.05) is 12.1 Å². The molecule has 0 saturated heterocycles. The van der Waals surface area contributed by atoms with Gasteiger partial charge in [0.05, 0.1) is 5.56 Å². The Morgan fingerprint density at radius 3 is 2.62 bits per heavy atom. The summed E-state index contributed by atoms with van der Waals surface area (Å²) < 4.78 is 5.90. The van der Waals surface area contributed by atoms with Crippen LogP contribution in [0.2, 0.25) is 0 Å². The summed E-state index contributed by atoms with van der Waals surface area (Å²) >= 11 is 0. The number of aromatic nitrogens is 3. The summed E-state index contributed by atoms with van der Waals surface area (Å²) in [5, 5.41) is 0. The number of nitrogens with zero attached hydrogens (tertiary/aromatic N) is 3. The van der Waals surface area contributed by atoms with E-state index in [1.807, 2.05) is 13.0 Å². The van der Waals surface area contributed by atoms with Crippen LogP contribution in [0.5, 0.6) is 5.75 Å². The fraction of sp³-hybridized carbons (Fsp3) is 0.111. The van der Waals surface area contributed by atoms with Crippen LogP contribution >= 0.6 is 0 Å². The number of benzene rings is 1. The lowest BCUT2D eigenvalue weighted by Gasteiger charge is -2.17. The minimum Gasteiger partial charge on any atom is -0.485 e. The van der Waals surface area contributed by atoms with E-state index >= 15 is 0 Å². The van der Waals surface area contributed by atoms with Crippen LogP contribution in [0.25, 0.3) is 11.4 Å². The Bertz CT molecular complexity index is 852. The number of pyridine rings is 1. The van der Waals surface area contributed by atoms with E-state index < -0.39 is 5.91 Å². The Labute approximate surface area is 139 Å². The molecule has 24 heavy (non-hydrogen) atoms. The first-order valence-electron chi connectivity index (χ1n) is 7.43. The van der Waals surface area contributed by atoms with E-state index in [4.69, 9.17) is 10.5 Å². The van der Waals surface area contributed by atoms with E-state index in [-0.39, 0.29) is 6.10 Å². The van der Waals surface area contributed by atoms with Crippen molar-refractivity contribution in [3.05, 3.63) is 72.3 Å². The van der Waals surface area contributed by atoms with Crippen molar-refractivity contribution in [1.29, 1.82) is 0 Å². The maximum atomic E-state index is 11.5.